The van der Waals surface area contributed by atoms with Gasteiger partial charge in [0.25, 0.3) is 0 Å². The Labute approximate surface area is 120 Å². The van der Waals surface area contributed by atoms with Gasteiger partial charge in [-0.25, -0.2) is 4.39 Å². The Morgan fingerprint density at radius 2 is 1.74 bits per heavy atom. The van der Waals surface area contributed by atoms with Crippen LogP contribution in [0.2, 0.25) is 10.0 Å². The molecule has 0 saturated carbocycles. The zero-order valence-electron chi connectivity index (χ0n) is 9.74. The number of hydrogen-bond donors (Lipinski definition) is 0. The number of allylic oxidation sites excluding steroid dienone is 1. The lowest BCUT2D eigenvalue weighted by Crippen LogP contribution is -1.93. The fraction of sp³-hybridized carbons (Fsp3) is 0. The van der Waals surface area contributed by atoms with Crippen LogP contribution in [-0.4, -0.2) is 5.78 Å². The van der Waals surface area contributed by atoms with Crippen molar-refractivity contribution in [1.82, 2.24) is 0 Å². The summed E-state index contributed by atoms with van der Waals surface area (Å²) in [6.45, 7) is 0. The van der Waals surface area contributed by atoms with Gasteiger partial charge in [-0.2, -0.15) is 0 Å². The predicted molar refractivity (Wildman–Crippen MR) is 76.2 cm³/mol. The first-order valence-corrected chi connectivity index (χ1v) is 6.25. The zero-order chi connectivity index (χ0) is 13.8. The first-order chi connectivity index (χ1) is 9.08. The van der Waals surface area contributed by atoms with Crippen molar-refractivity contribution >= 4 is 35.1 Å². The van der Waals surface area contributed by atoms with Crippen molar-refractivity contribution in [3.8, 4) is 0 Å². The molecule has 0 N–H and O–H groups in total. The van der Waals surface area contributed by atoms with Crippen LogP contribution in [-0.2, 0) is 0 Å². The van der Waals surface area contributed by atoms with Crippen LogP contribution in [0.1, 0.15) is 15.9 Å². The fourth-order valence-electron chi connectivity index (χ4n) is 1.54. The average Bonchev–Trinajstić information content (AvgIpc) is 2.38. The summed E-state index contributed by atoms with van der Waals surface area (Å²) in [6.07, 6.45) is 2.65. The van der Waals surface area contributed by atoms with Gasteiger partial charge < -0.3 is 0 Å². The Kier molecular flexibility index (Phi) is 4.35. The van der Waals surface area contributed by atoms with Crippen molar-refractivity contribution in [2.75, 3.05) is 0 Å². The van der Waals surface area contributed by atoms with Crippen molar-refractivity contribution in [3.05, 3.63) is 75.5 Å². The number of carbonyl (C=O) groups is 1. The highest BCUT2D eigenvalue weighted by atomic mass is 35.5. The molecule has 2 aromatic rings. The van der Waals surface area contributed by atoms with Gasteiger partial charge in [0, 0.05) is 16.1 Å². The quantitative estimate of drug-likeness (QED) is 0.573. The van der Waals surface area contributed by atoms with E-state index in [1.807, 2.05) is 0 Å². The van der Waals surface area contributed by atoms with E-state index in [9.17, 15) is 9.18 Å². The minimum absolute atomic E-state index is 0.200. The van der Waals surface area contributed by atoms with Gasteiger partial charge in [-0.1, -0.05) is 29.3 Å². The summed E-state index contributed by atoms with van der Waals surface area (Å²) in [4.78, 5) is 11.9. The first kappa shape index (κ1) is 13.8. The van der Waals surface area contributed by atoms with E-state index in [4.69, 9.17) is 23.2 Å². The van der Waals surface area contributed by atoms with E-state index in [1.165, 1.54) is 24.3 Å². The number of carbonyl (C=O) groups excluding carboxylic acids is 1. The van der Waals surface area contributed by atoms with Crippen molar-refractivity contribution in [2.45, 2.75) is 0 Å². The average molecular weight is 295 g/mol. The molecule has 0 aliphatic rings. The monoisotopic (exact) mass is 294 g/mol. The molecule has 0 fully saturated rings. The van der Waals surface area contributed by atoms with Gasteiger partial charge in [0.1, 0.15) is 5.82 Å². The third kappa shape index (κ3) is 3.43. The lowest BCUT2D eigenvalue weighted by molar-refractivity contribution is 0.104. The Morgan fingerprint density at radius 1 is 1.05 bits per heavy atom. The molecule has 0 heterocycles. The molecule has 2 aromatic carbocycles. The number of ketones is 1. The van der Waals surface area contributed by atoms with Crippen LogP contribution in [0.25, 0.3) is 6.08 Å². The van der Waals surface area contributed by atoms with E-state index in [0.29, 0.717) is 10.6 Å². The molecule has 0 bridgehead atoms. The van der Waals surface area contributed by atoms with E-state index < -0.39 is 5.82 Å². The molecule has 0 radical (unpaired) electrons. The summed E-state index contributed by atoms with van der Waals surface area (Å²) in [5.41, 5.74) is 0.680. The standard InChI is InChI=1S/C15H9Cl2FO/c16-11-6-4-10(5-7-11)15(19)9-8-12-13(17)2-1-3-14(12)18/h1-9H/b9-8+. The highest BCUT2D eigenvalue weighted by molar-refractivity contribution is 6.32. The molecular formula is C15H9Cl2FO. The minimum atomic E-state index is -0.465. The third-order valence-electron chi connectivity index (χ3n) is 2.53. The summed E-state index contributed by atoms with van der Waals surface area (Å²) in [6, 6.07) is 10.8. The molecule has 0 spiro atoms. The van der Waals surface area contributed by atoms with Crippen LogP contribution in [0.3, 0.4) is 0 Å². The van der Waals surface area contributed by atoms with E-state index in [0.717, 1.165) is 0 Å². The first-order valence-electron chi connectivity index (χ1n) is 5.50. The lowest BCUT2D eigenvalue weighted by Gasteiger charge is -2.00. The molecule has 0 aliphatic carbocycles. The maximum Gasteiger partial charge on any atom is 0.185 e. The molecule has 4 heteroatoms. The van der Waals surface area contributed by atoms with Gasteiger partial charge in [0.2, 0.25) is 0 Å². The Hall–Kier alpha value is -1.64. The van der Waals surface area contributed by atoms with Gasteiger partial charge in [0.05, 0.1) is 5.02 Å². The SMILES string of the molecule is O=C(/C=C/c1c(F)cccc1Cl)c1ccc(Cl)cc1. The lowest BCUT2D eigenvalue weighted by atomic mass is 10.1. The number of hydrogen-bond acceptors (Lipinski definition) is 1. The maximum absolute atomic E-state index is 13.5. The van der Waals surface area contributed by atoms with Crippen molar-refractivity contribution in [3.63, 3.8) is 0 Å². The largest absolute Gasteiger partial charge is 0.289 e. The van der Waals surface area contributed by atoms with Gasteiger partial charge in [0.15, 0.2) is 5.78 Å². The van der Waals surface area contributed by atoms with Crippen molar-refractivity contribution < 1.29 is 9.18 Å². The number of benzene rings is 2. The van der Waals surface area contributed by atoms with Crippen LogP contribution < -0.4 is 0 Å². The maximum atomic E-state index is 13.5. The van der Waals surface area contributed by atoms with Gasteiger partial charge >= 0.3 is 0 Å². The summed E-state index contributed by atoms with van der Waals surface area (Å²) in [7, 11) is 0. The molecule has 0 aromatic heterocycles. The molecule has 0 saturated heterocycles. The molecule has 19 heavy (non-hydrogen) atoms. The van der Waals surface area contributed by atoms with E-state index >= 15 is 0 Å². The topological polar surface area (TPSA) is 17.1 Å². The Morgan fingerprint density at radius 3 is 2.37 bits per heavy atom. The molecule has 2 rings (SSSR count). The highest BCUT2D eigenvalue weighted by Gasteiger charge is 2.05. The molecular weight excluding hydrogens is 286 g/mol. The summed E-state index contributed by atoms with van der Waals surface area (Å²) >= 11 is 11.6. The minimum Gasteiger partial charge on any atom is -0.289 e. The number of rotatable bonds is 3. The van der Waals surface area contributed by atoms with Gasteiger partial charge in [-0.15, -0.1) is 0 Å². The van der Waals surface area contributed by atoms with E-state index in [-0.39, 0.29) is 16.4 Å². The van der Waals surface area contributed by atoms with Crippen LogP contribution in [0.15, 0.2) is 48.5 Å². The normalized spacial score (nSPS) is 10.9. The molecule has 0 unspecified atom stereocenters. The third-order valence-corrected chi connectivity index (χ3v) is 3.11. The molecule has 0 atom stereocenters. The second kappa shape index (κ2) is 6.00. The zero-order valence-corrected chi connectivity index (χ0v) is 11.3. The predicted octanol–water partition coefficient (Wildman–Crippen LogP) is 5.03. The molecule has 0 amide bonds. The van der Waals surface area contributed by atoms with Crippen molar-refractivity contribution in [2.24, 2.45) is 0 Å². The Bertz CT molecular complexity index is 613. The fourth-order valence-corrected chi connectivity index (χ4v) is 1.89. The summed E-state index contributed by atoms with van der Waals surface area (Å²) in [5, 5.41) is 0.817. The highest BCUT2D eigenvalue weighted by Crippen LogP contribution is 2.20. The van der Waals surface area contributed by atoms with Crippen LogP contribution in [0, 0.1) is 5.82 Å². The summed E-state index contributed by atoms with van der Waals surface area (Å²) in [5.74, 6) is -0.705. The molecule has 96 valence electrons. The number of halogens is 3. The van der Waals surface area contributed by atoms with E-state index in [1.54, 1.807) is 30.3 Å². The van der Waals surface area contributed by atoms with E-state index in [2.05, 4.69) is 0 Å². The van der Waals surface area contributed by atoms with Crippen molar-refractivity contribution in [1.29, 1.82) is 0 Å². The van der Waals surface area contributed by atoms with Crippen LogP contribution in [0.4, 0.5) is 4.39 Å². The van der Waals surface area contributed by atoms with Crippen LogP contribution in [0.5, 0.6) is 0 Å². The molecule has 1 nitrogen and oxygen atoms in total. The smallest absolute Gasteiger partial charge is 0.185 e. The molecule has 0 aliphatic heterocycles. The van der Waals surface area contributed by atoms with Crippen LogP contribution >= 0.6 is 23.2 Å². The van der Waals surface area contributed by atoms with Gasteiger partial charge in [-0.05, 0) is 48.6 Å². The Balaban J connectivity index is 2.23. The van der Waals surface area contributed by atoms with Gasteiger partial charge in [-0.3, -0.25) is 4.79 Å². The second-order valence-corrected chi connectivity index (χ2v) is 4.68. The summed E-state index contributed by atoms with van der Waals surface area (Å²) < 4.78 is 13.5. The second-order valence-electron chi connectivity index (χ2n) is 3.84.